The molecule has 1 aromatic rings. The molecule has 6 rings (SSSR count). The van der Waals surface area contributed by atoms with Crippen molar-refractivity contribution in [2.75, 3.05) is 23.3 Å². The normalized spacial score (nSPS) is 39.5. The van der Waals surface area contributed by atoms with Crippen LogP contribution < -0.4 is 4.90 Å². The van der Waals surface area contributed by atoms with Gasteiger partial charge >= 0.3 is 0 Å². The molecule has 0 N–H and O–H groups in total. The summed E-state index contributed by atoms with van der Waals surface area (Å²) in [6.07, 6.45) is 7.61. The van der Waals surface area contributed by atoms with Crippen LogP contribution >= 0.6 is 15.9 Å². The number of alkyl halides is 1. The van der Waals surface area contributed by atoms with E-state index >= 15 is 0 Å². The third-order valence-corrected chi connectivity index (χ3v) is 7.71. The van der Waals surface area contributed by atoms with Crippen LogP contribution in [0.5, 0.6) is 0 Å². The summed E-state index contributed by atoms with van der Waals surface area (Å²) in [5, 5.41) is 0.920. The van der Waals surface area contributed by atoms with Gasteiger partial charge in [0.15, 0.2) is 0 Å². The monoisotopic (exact) mass is 396 g/mol. The van der Waals surface area contributed by atoms with Crippen LogP contribution in [0.25, 0.3) is 0 Å². The molecular formula is C21H21BrN2O. The Morgan fingerprint density at radius 2 is 2.20 bits per heavy atom. The Morgan fingerprint density at radius 3 is 3.08 bits per heavy atom. The molecule has 1 aromatic carbocycles. The Kier molecular flexibility index (Phi) is 2.87. The zero-order valence-electron chi connectivity index (χ0n) is 14.1. The number of benzene rings is 1. The number of hydrogen-bond acceptors (Lipinski definition) is 2. The lowest BCUT2D eigenvalue weighted by atomic mass is 9.57. The average molecular weight is 397 g/mol. The van der Waals surface area contributed by atoms with E-state index in [0.717, 1.165) is 18.4 Å². The highest BCUT2D eigenvalue weighted by molar-refractivity contribution is 9.09. The van der Waals surface area contributed by atoms with Crippen LogP contribution in [-0.4, -0.2) is 41.3 Å². The predicted molar refractivity (Wildman–Crippen MR) is 102 cm³/mol. The van der Waals surface area contributed by atoms with E-state index in [1.54, 1.807) is 5.57 Å². The molecular weight excluding hydrogens is 376 g/mol. The zero-order chi connectivity index (χ0) is 16.8. The van der Waals surface area contributed by atoms with Crippen molar-refractivity contribution >= 4 is 27.5 Å². The number of hydrogen-bond donors (Lipinski definition) is 0. The Hall–Kier alpha value is -1.39. The highest BCUT2D eigenvalue weighted by atomic mass is 79.9. The van der Waals surface area contributed by atoms with Gasteiger partial charge in [0.05, 0.1) is 6.04 Å². The summed E-state index contributed by atoms with van der Waals surface area (Å²) in [5.74, 6) is 0.808. The Bertz CT molecular complexity index is 859. The summed E-state index contributed by atoms with van der Waals surface area (Å²) in [4.78, 5) is 17.8. The number of allylic oxidation sites excluding steroid dienone is 1. The molecule has 1 spiro atoms. The number of carbonyl (C=O) groups excluding carboxylic acids is 1. The van der Waals surface area contributed by atoms with Crippen molar-refractivity contribution < 1.29 is 4.79 Å². The first-order valence-electron chi connectivity index (χ1n) is 9.36. The van der Waals surface area contributed by atoms with Crippen LogP contribution in [-0.2, 0) is 10.2 Å². The molecule has 2 bridgehead atoms. The smallest absolute Gasteiger partial charge is 0.231 e. The molecule has 4 aliphatic heterocycles. The van der Waals surface area contributed by atoms with E-state index in [0.29, 0.717) is 18.4 Å². The van der Waals surface area contributed by atoms with E-state index < -0.39 is 0 Å². The summed E-state index contributed by atoms with van der Waals surface area (Å²) in [5.41, 5.74) is 5.82. The first-order valence-corrected chi connectivity index (χ1v) is 10.5. The number of carbonyl (C=O) groups is 1. The summed E-state index contributed by atoms with van der Waals surface area (Å²) in [6, 6.07) is 9.54. The molecule has 1 amide bonds. The van der Waals surface area contributed by atoms with Crippen molar-refractivity contribution in [3.63, 3.8) is 0 Å². The fourth-order valence-corrected chi connectivity index (χ4v) is 7.02. The second kappa shape index (κ2) is 4.86. The Morgan fingerprint density at radius 1 is 1.32 bits per heavy atom. The maximum absolute atomic E-state index is 12.9. The van der Waals surface area contributed by atoms with Gasteiger partial charge in [0.25, 0.3) is 0 Å². The van der Waals surface area contributed by atoms with Gasteiger partial charge in [0.2, 0.25) is 5.91 Å². The van der Waals surface area contributed by atoms with Crippen LogP contribution in [0.3, 0.4) is 0 Å². The van der Waals surface area contributed by atoms with Crippen molar-refractivity contribution in [1.82, 2.24) is 4.90 Å². The lowest BCUT2D eigenvalue weighted by molar-refractivity contribution is -0.118. The highest BCUT2D eigenvalue weighted by Gasteiger charge is 2.67. The topological polar surface area (TPSA) is 23.6 Å². The summed E-state index contributed by atoms with van der Waals surface area (Å²) >= 11 is 3.60. The molecule has 1 aliphatic carbocycles. The van der Waals surface area contributed by atoms with Crippen molar-refractivity contribution in [2.45, 2.75) is 36.8 Å². The lowest BCUT2D eigenvalue weighted by Gasteiger charge is -2.54. The van der Waals surface area contributed by atoms with E-state index in [-0.39, 0.29) is 17.4 Å². The maximum Gasteiger partial charge on any atom is 0.231 e. The molecule has 1 saturated carbocycles. The van der Waals surface area contributed by atoms with Crippen LogP contribution in [0.2, 0.25) is 0 Å². The number of piperidine rings is 1. The predicted octanol–water partition coefficient (Wildman–Crippen LogP) is 3.40. The molecule has 2 saturated heterocycles. The van der Waals surface area contributed by atoms with E-state index in [9.17, 15) is 4.79 Å². The van der Waals surface area contributed by atoms with Gasteiger partial charge in [-0.3, -0.25) is 9.69 Å². The summed E-state index contributed by atoms with van der Waals surface area (Å²) < 4.78 is 0. The van der Waals surface area contributed by atoms with Crippen molar-refractivity contribution in [3.8, 4) is 0 Å². The first-order chi connectivity index (χ1) is 12.3. The molecule has 3 fully saturated rings. The van der Waals surface area contributed by atoms with Crippen molar-refractivity contribution in [1.29, 1.82) is 0 Å². The number of nitrogens with zero attached hydrogens (tertiary/aromatic N) is 2. The Balaban J connectivity index is 1.64. The molecule has 4 heteroatoms. The molecule has 4 heterocycles. The minimum absolute atomic E-state index is 0.120. The number of amides is 1. The van der Waals surface area contributed by atoms with Crippen LogP contribution in [0, 0.1) is 5.92 Å². The maximum atomic E-state index is 12.9. The Labute approximate surface area is 156 Å². The van der Waals surface area contributed by atoms with Crippen molar-refractivity contribution in [3.05, 3.63) is 53.1 Å². The minimum Gasteiger partial charge on any atom is -0.304 e. The van der Waals surface area contributed by atoms with Gasteiger partial charge < -0.3 is 4.90 Å². The van der Waals surface area contributed by atoms with Gasteiger partial charge in [-0.2, -0.15) is 0 Å². The number of halogens is 1. The first kappa shape index (κ1) is 14.7. The third-order valence-electron chi connectivity index (χ3n) is 7.39. The fourth-order valence-electron chi connectivity index (χ4n) is 6.60. The number of para-hydroxylation sites is 1. The third kappa shape index (κ3) is 1.59. The van der Waals surface area contributed by atoms with Gasteiger partial charge in [-0.1, -0.05) is 51.9 Å². The summed E-state index contributed by atoms with van der Waals surface area (Å²) in [7, 11) is 0. The van der Waals surface area contributed by atoms with Gasteiger partial charge in [0, 0.05) is 41.4 Å². The van der Waals surface area contributed by atoms with E-state index in [1.807, 2.05) is 0 Å². The largest absolute Gasteiger partial charge is 0.304 e. The standard InChI is InChI=1S/C21H21BrN2O/c22-9-7-13-12-23-10-8-21-16-3-1-2-4-17(16)24-19(25)6-5-14(20(21)24)15(13)11-18(21)23/h1-5,7,15,18,20H,6,8-12H2/b13-7-/t15-,18+,20+,21-/m0/s1. The molecule has 4 atom stereocenters. The molecule has 3 nitrogen and oxygen atoms in total. The van der Waals surface area contributed by atoms with E-state index in [2.05, 4.69) is 62.1 Å². The molecule has 0 aromatic heterocycles. The second-order valence-corrected chi connectivity index (χ2v) is 8.74. The molecule has 0 radical (unpaired) electrons. The number of fused-ring (bicyclic) bond motifs is 4. The molecule has 0 unspecified atom stereocenters. The number of anilines is 1. The summed E-state index contributed by atoms with van der Waals surface area (Å²) in [6.45, 7) is 2.25. The lowest BCUT2D eigenvalue weighted by Crippen LogP contribution is -2.62. The molecule has 128 valence electrons. The average Bonchev–Trinajstić information content (AvgIpc) is 3.17. The molecule has 25 heavy (non-hydrogen) atoms. The quantitative estimate of drug-likeness (QED) is 0.536. The van der Waals surface area contributed by atoms with Gasteiger partial charge in [-0.25, -0.2) is 0 Å². The SMILES string of the molecule is O=C1CC=C2[C@H]3C[C@H]4N(CC[C@]45c4ccccc4N1[C@H]25)C/C3=C/CBr. The van der Waals surface area contributed by atoms with Gasteiger partial charge in [-0.15, -0.1) is 0 Å². The van der Waals surface area contributed by atoms with Crippen LogP contribution in [0.4, 0.5) is 5.69 Å². The molecule has 5 aliphatic rings. The number of rotatable bonds is 1. The highest BCUT2D eigenvalue weighted by Crippen LogP contribution is 2.63. The van der Waals surface area contributed by atoms with Gasteiger partial charge in [0.1, 0.15) is 0 Å². The van der Waals surface area contributed by atoms with Gasteiger partial charge in [-0.05, 0) is 36.6 Å². The van der Waals surface area contributed by atoms with Crippen LogP contribution in [0.1, 0.15) is 24.8 Å². The fraction of sp³-hybridized carbons (Fsp3) is 0.476. The van der Waals surface area contributed by atoms with E-state index in [1.165, 1.54) is 29.7 Å². The van der Waals surface area contributed by atoms with Crippen LogP contribution in [0.15, 0.2) is 47.6 Å². The zero-order valence-corrected chi connectivity index (χ0v) is 15.7. The van der Waals surface area contributed by atoms with E-state index in [4.69, 9.17) is 0 Å². The van der Waals surface area contributed by atoms with Crippen molar-refractivity contribution in [2.24, 2.45) is 5.92 Å². The second-order valence-electron chi connectivity index (χ2n) is 8.09. The minimum atomic E-state index is 0.120.